The van der Waals surface area contributed by atoms with Gasteiger partial charge < -0.3 is 14.8 Å². The SMILES string of the molecule is COc1ccccc1C(=O)NCC(=O)OCCn1c(C)csc1=O. The Balaban J connectivity index is 1.79. The van der Waals surface area contributed by atoms with E-state index >= 15 is 0 Å². The number of amides is 1. The zero-order valence-corrected chi connectivity index (χ0v) is 14.2. The highest BCUT2D eigenvalue weighted by Crippen LogP contribution is 2.16. The lowest BCUT2D eigenvalue weighted by atomic mass is 10.2. The minimum atomic E-state index is -0.570. The second kappa shape index (κ2) is 8.30. The number of carbonyl (C=O) groups excluding carboxylic acids is 2. The monoisotopic (exact) mass is 350 g/mol. The van der Waals surface area contributed by atoms with Crippen LogP contribution in [0, 0.1) is 6.92 Å². The molecule has 2 aromatic rings. The van der Waals surface area contributed by atoms with Gasteiger partial charge in [-0.15, -0.1) is 0 Å². The largest absolute Gasteiger partial charge is 0.496 e. The van der Waals surface area contributed by atoms with Gasteiger partial charge in [0, 0.05) is 11.1 Å². The van der Waals surface area contributed by atoms with Gasteiger partial charge in [0.1, 0.15) is 18.9 Å². The summed E-state index contributed by atoms with van der Waals surface area (Å²) in [6.45, 7) is 1.92. The molecule has 1 amide bonds. The number of thiazole rings is 1. The van der Waals surface area contributed by atoms with Gasteiger partial charge in [0.15, 0.2) is 0 Å². The van der Waals surface area contributed by atoms with Gasteiger partial charge in [-0.05, 0) is 19.1 Å². The Kier molecular flexibility index (Phi) is 6.14. The fourth-order valence-electron chi connectivity index (χ4n) is 2.06. The number of nitrogens with zero attached hydrogens (tertiary/aromatic N) is 1. The van der Waals surface area contributed by atoms with Crippen molar-refractivity contribution >= 4 is 23.2 Å². The smallest absolute Gasteiger partial charge is 0.325 e. The van der Waals surface area contributed by atoms with E-state index < -0.39 is 11.9 Å². The average molecular weight is 350 g/mol. The molecule has 1 aromatic carbocycles. The standard InChI is InChI=1S/C16H18N2O5S/c1-11-10-24-16(21)18(11)7-8-23-14(19)9-17-15(20)12-5-3-4-6-13(12)22-2/h3-6,10H,7-9H2,1-2H3,(H,17,20). The second-order valence-electron chi connectivity index (χ2n) is 4.90. The molecular formula is C16H18N2O5S. The minimum absolute atomic E-state index is 0.0703. The predicted octanol–water partition coefficient (Wildman–Crippen LogP) is 1.20. The molecule has 0 saturated carbocycles. The van der Waals surface area contributed by atoms with Gasteiger partial charge in [-0.2, -0.15) is 0 Å². The Morgan fingerprint density at radius 3 is 2.71 bits per heavy atom. The predicted molar refractivity (Wildman–Crippen MR) is 89.6 cm³/mol. The van der Waals surface area contributed by atoms with E-state index in [1.165, 1.54) is 11.7 Å². The summed E-state index contributed by atoms with van der Waals surface area (Å²) in [5.74, 6) is -0.566. The van der Waals surface area contributed by atoms with Crippen molar-refractivity contribution in [2.24, 2.45) is 0 Å². The molecule has 0 fully saturated rings. The fourth-order valence-corrected chi connectivity index (χ4v) is 2.82. The van der Waals surface area contributed by atoms with E-state index in [4.69, 9.17) is 9.47 Å². The lowest BCUT2D eigenvalue weighted by Crippen LogP contribution is -2.31. The van der Waals surface area contributed by atoms with Gasteiger partial charge in [0.2, 0.25) is 0 Å². The number of carbonyl (C=O) groups is 2. The van der Waals surface area contributed by atoms with Gasteiger partial charge in [-0.25, -0.2) is 0 Å². The fraction of sp³-hybridized carbons (Fsp3) is 0.312. The van der Waals surface area contributed by atoms with Crippen LogP contribution in [0.25, 0.3) is 0 Å². The van der Waals surface area contributed by atoms with Gasteiger partial charge >= 0.3 is 10.8 Å². The third-order valence-corrected chi connectivity index (χ3v) is 4.18. The molecule has 2 rings (SSSR count). The number of aryl methyl sites for hydroxylation is 1. The molecule has 0 aliphatic rings. The lowest BCUT2D eigenvalue weighted by molar-refractivity contribution is -0.142. The van der Waals surface area contributed by atoms with Crippen molar-refractivity contribution in [1.29, 1.82) is 0 Å². The van der Waals surface area contributed by atoms with Crippen molar-refractivity contribution in [1.82, 2.24) is 9.88 Å². The quantitative estimate of drug-likeness (QED) is 0.758. The first kappa shape index (κ1) is 17.7. The zero-order valence-electron chi connectivity index (χ0n) is 13.4. The normalized spacial score (nSPS) is 10.2. The van der Waals surface area contributed by atoms with E-state index in [0.29, 0.717) is 17.9 Å². The van der Waals surface area contributed by atoms with E-state index in [2.05, 4.69) is 5.32 Å². The van der Waals surface area contributed by atoms with Crippen LogP contribution in [0.5, 0.6) is 5.75 Å². The van der Waals surface area contributed by atoms with Crippen molar-refractivity contribution in [3.63, 3.8) is 0 Å². The Hall–Kier alpha value is -2.61. The highest BCUT2D eigenvalue weighted by molar-refractivity contribution is 7.07. The third kappa shape index (κ3) is 4.45. The van der Waals surface area contributed by atoms with Crippen LogP contribution in [0.4, 0.5) is 0 Å². The van der Waals surface area contributed by atoms with Gasteiger partial charge in [-0.3, -0.25) is 19.0 Å². The first-order valence-corrected chi connectivity index (χ1v) is 8.12. The summed E-state index contributed by atoms with van der Waals surface area (Å²) in [6.07, 6.45) is 0. The summed E-state index contributed by atoms with van der Waals surface area (Å²) >= 11 is 1.10. The summed E-state index contributed by atoms with van der Waals surface area (Å²) < 4.78 is 11.7. The van der Waals surface area contributed by atoms with Crippen LogP contribution in [0.15, 0.2) is 34.4 Å². The molecule has 0 spiro atoms. The van der Waals surface area contributed by atoms with Crippen LogP contribution in [0.1, 0.15) is 16.1 Å². The van der Waals surface area contributed by atoms with Gasteiger partial charge in [0.05, 0.1) is 19.2 Å². The molecule has 24 heavy (non-hydrogen) atoms. The summed E-state index contributed by atoms with van der Waals surface area (Å²) in [4.78, 5) is 35.1. The zero-order chi connectivity index (χ0) is 17.5. The molecule has 0 radical (unpaired) electrons. The molecule has 128 valence electrons. The van der Waals surface area contributed by atoms with Crippen molar-refractivity contribution in [2.45, 2.75) is 13.5 Å². The Morgan fingerprint density at radius 2 is 2.04 bits per heavy atom. The molecule has 0 bridgehead atoms. The molecule has 7 nitrogen and oxygen atoms in total. The van der Waals surface area contributed by atoms with E-state index in [-0.39, 0.29) is 18.0 Å². The van der Waals surface area contributed by atoms with Crippen LogP contribution in [0.3, 0.4) is 0 Å². The van der Waals surface area contributed by atoms with E-state index in [1.54, 1.807) is 29.6 Å². The Labute approximate surface area is 142 Å². The van der Waals surface area contributed by atoms with Crippen LogP contribution >= 0.6 is 11.3 Å². The van der Waals surface area contributed by atoms with E-state index in [1.807, 2.05) is 6.92 Å². The van der Waals surface area contributed by atoms with Crippen LogP contribution < -0.4 is 14.9 Å². The Morgan fingerprint density at radius 1 is 1.29 bits per heavy atom. The van der Waals surface area contributed by atoms with Crippen molar-refractivity contribution in [3.05, 3.63) is 50.6 Å². The lowest BCUT2D eigenvalue weighted by Gasteiger charge is -2.09. The summed E-state index contributed by atoms with van der Waals surface area (Å²) in [5, 5.41) is 4.23. The molecule has 0 aliphatic heterocycles. The minimum Gasteiger partial charge on any atom is -0.496 e. The maximum absolute atomic E-state index is 12.0. The van der Waals surface area contributed by atoms with Crippen molar-refractivity contribution in [2.75, 3.05) is 20.3 Å². The number of ether oxygens (including phenoxy) is 2. The Bertz CT molecular complexity index is 781. The highest BCUT2D eigenvalue weighted by Gasteiger charge is 2.13. The van der Waals surface area contributed by atoms with Crippen LogP contribution in [-0.2, 0) is 16.1 Å². The first-order chi connectivity index (χ1) is 11.5. The number of methoxy groups -OCH3 is 1. The maximum Gasteiger partial charge on any atom is 0.325 e. The molecule has 0 saturated heterocycles. The maximum atomic E-state index is 12.0. The number of aromatic nitrogens is 1. The van der Waals surface area contributed by atoms with E-state index in [0.717, 1.165) is 17.0 Å². The molecule has 0 unspecified atom stereocenters. The molecule has 1 N–H and O–H groups in total. The molecule has 8 heteroatoms. The number of nitrogens with one attached hydrogen (secondary N) is 1. The first-order valence-electron chi connectivity index (χ1n) is 7.24. The number of benzene rings is 1. The van der Waals surface area contributed by atoms with Crippen LogP contribution in [0.2, 0.25) is 0 Å². The van der Waals surface area contributed by atoms with Crippen molar-refractivity contribution in [3.8, 4) is 5.75 Å². The van der Waals surface area contributed by atoms with Gasteiger partial charge in [0.25, 0.3) is 5.91 Å². The molecule has 0 atom stereocenters. The number of esters is 1. The number of para-hydroxylation sites is 1. The summed E-state index contributed by atoms with van der Waals surface area (Å²) in [5.41, 5.74) is 1.17. The van der Waals surface area contributed by atoms with Crippen LogP contribution in [-0.4, -0.2) is 36.7 Å². The van der Waals surface area contributed by atoms with E-state index in [9.17, 15) is 14.4 Å². The van der Waals surface area contributed by atoms with Gasteiger partial charge in [-0.1, -0.05) is 23.5 Å². The second-order valence-corrected chi connectivity index (χ2v) is 5.72. The topological polar surface area (TPSA) is 86.6 Å². The molecular weight excluding hydrogens is 332 g/mol. The molecule has 1 aromatic heterocycles. The molecule has 1 heterocycles. The highest BCUT2D eigenvalue weighted by atomic mass is 32.1. The molecule has 0 aliphatic carbocycles. The van der Waals surface area contributed by atoms with Crippen molar-refractivity contribution < 1.29 is 19.1 Å². The summed E-state index contributed by atoms with van der Waals surface area (Å²) in [6, 6.07) is 6.72. The number of hydrogen-bond donors (Lipinski definition) is 1. The summed E-state index contributed by atoms with van der Waals surface area (Å²) in [7, 11) is 1.47. The third-order valence-electron chi connectivity index (χ3n) is 3.30. The number of hydrogen-bond acceptors (Lipinski definition) is 6. The average Bonchev–Trinajstić information content (AvgIpc) is 2.91. The number of rotatable bonds is 7.